The number of ether oxygens (including phenoxy) is 1. The third kappa shape index (κ3) is 3.48. The van der Waals surface area contributed by atoms with Gasteiger partial charge in [-0.1, -0.05) is 6.92 Å². The van der Waals surface area contributed by atoms with Gasteiger partial charge in [-0.3, -0.25) is 4.79 Å². The Kier molecular flexibility index (Phi) is 4.82. The number of aromatic nitrogens is 2. The maximum Gasteiger partial charge on any atom is 0.268 e. The van der Waals surface area contributed by atoms with E-state index in [0.29, 0.717) is 12.4 Å². The quantitative estimate of drug-likeness (QED) is 0.766. The molecule has 2 heterocycles. The maximum absolute atomic E-state index is 12.0. The van der Waals surface area contributed by atoms with E-state index in [1.54, 1.807) is 19.4 Å². The van der Waals surface area contributed by atoms with Crippen LogP contribution in [0.3, 0.4) is 0 Å². The smallest absolute Gasteiger partial charge is 0.268 e. The average molecular weight is 286 g/mol. The topological polar surface area (TPSA) is 47.4 Å². The molecule has 0 bridgehead atoms. The SMILES string of the molecule is COC1CCN(c2cnn(CC(C)CCl)c(=O)c2)C1. The number of halogens is 1. The van der Waals surface area contributed by atoms with E-state index >= 15 is 0 Å². The minimum absolute atomic E-state index is 0.0738. The second-order valence-electron chi connectivity index (χ2n) is 5.09. The predicted octanol–water partition coefficient (Wildman–Crippen LogP) is 1.34. The fourth-order valence-electron chi connectivity index (χ4n) is 2.23. The molecule has 1 fully saturated rings. The average Bonchev–Trinajstić information content (AvgIpc) is 2.89. The number of hydrogen-bond acceptors (Lipinski definition) is 4. The van der Waals surface area contributed by atoms with E-state index < -0.39 is 0 Å². The number of anilines is 1. The van der Waals surface area contributed by atoms with Crippen LogP contribution in [0.5, 0.6) is 0 Å². The normalized spacial score (nSPS) is 20.8. The molecule has 0 saturated carbocycles. The molecule has 1 aliphatic rings. The molecule has 1 aromatic rings. The van der Waals surface area contributed by atoms with Crippen molar-refractivity contribution >= 4 is 17.3 Å². The predicted molar refractivity (Wildman–Crippen MR) is 76.0 cm³/mol. The summed E-state index contributed by atoms with van der Waals surface area (Å²) in [6, 6.07) is 1.64. The summed E-state index contributed by atoms with van der Waals surface area (Å²) in [7, 11) is 1.72. The lowest BCUT2D eigenvalue weighted by Crippen LogP contribution is -2.29. The van der Waals surface area contributed by atoms with Gasteiger partial charge in [-0.15, -0.1) is 11.6 Å². The van der Waals surface area contributed by atoms with E-state index in [2.05, 4.69) is 10.00 Å². The fraction of sp³-hybridized carbons (Fsp3) is 0.692. The molecule has 0 radical (unpaired) electrons. The minimum Gasteiger partial charge on any atom is -0.380 e. The number of hydrogen-bond donors (Lipinski definition) is 0. The molecule has 2 unspecified atom stereocenters. The van der Waals surface area contributed by atoms with Gasteiger partial charge in [-0.25, -0.2) is 4.68 Å². The lowest BCUT2D eigenvalue weighted by Gasteiger charge is -2.18. The molecule has 2 rings (SSSR count). The van der Waals surface area contributed by atoms with Crippen molar-refractivity contribution in [1.29, 1.82) is 0 Å². The lowest BCUT2D eigenvalue weighted by atomic mass is 10.2. The van der Waals surface area contributed by atoms with Crippen molar-refractivity contribution in [2.75, 3.05) is 31.0 Å². The van der Waals surface area contributed by atoms with Crippen LogP contribution in [-0.4, -0.2) is 42.0 Å². The van der Waals surface area contributed by atoms with Crippen LogP contribution in [0.15, 0.2) is 17.1 Å². The zero-order chi connectivity index (χ0) is 13.8. The summed E-state index contributed by atoms with van der Waals surface area (Å²) in [6.07, 6.45) is 2.99. The van der Waals surface area contributed by atoms with E-state index in [-0.39, 0.29) is 17.6 Å². The monoisotopic (exact) mass is 285 g/mol. The molecule has 1 aromatic heterocycles. The van der Waals surface area contributed by atoms with Crippen molar-refractivity contribution in [1.82, 2.24) is 9.78 Å². The van der Waals surface area contributed by atoms with Crippen LogP contribution < -0.4 is 10.5 Å². The Morgan fingerprint density at radius 3 is 3.00 bits per heavy atom. The Balaban J connectivity index is 2.09. The Hall–Kier alpha value is -1.07. The van der Waals surface area contributed by atoms with Crippen molar-refractivity contribution in [3.63, 3.8) is 0 Å². The van der Waals surface area contributed by atoms with E-state index in [1.807, 2.05) is 6.92 Å². The first-order chi connectivity index (χ1) is 9.13. The molecule has 2 atom stereocenters. The molecule has 6 heteroatoms. The first kappa shape index (κ1) is 14.3. The van der Waals surface area contributed by atoms with Gasteiger partial charge in [-0.2, -0.15) is 5.10 Å². The molecule has 19 heavy (non-hydrogen) atoms. The summed E-state index contributed by atoms with van der Waals surface area (Å²) in [4.78, 5) is 14.1. The Bertz CT molecular complexity index is 477. The van der Waals surface area contributed by atoms with Crippen LogP contribution in [0.25, 0.3) is 0 Å². The van der Waals surface area contributed by atoms with Crippen LogP contribution >= 0.6 is 11.6 Å². The highest BCUT2D eigenvalue weighted by atomic mass is 35.5. The Labute approximate surface area is 118 Å². The maximum atomic E-state index is 12.0. The van der Waals surface area contributed by atoms with E-state index in [0.717, 1.165) is 25.2 Å². The van der Waals surface area contributed by atoms with Crippen molar-refractivity contribution in [2.45, 2.75) is 26.0 Å². The van der Waals surface area contributed by atoms with Crippen molar-refractivity contribution < 1.29 is 4.74 Å². The first-order valence-corrected chi connectivity index (χ1v) is 7.08. The zero-order valence-electron chi connectivity index (χ0n) is 11.4. The summed E-state index contributed by atoms with van der Waals surface area (Å²) < 4.78 is 6.80. The molecule has 0 spiro atoms. The van der Waals surface area contributed by atoms with E-state index in [9.17, 15) is 4.79 Å². The molecular formula is C13H20ClN3O2. The minimum atomic E-state index is -0.0738. The molecule has 1 aliphatic heterocycles. The highest BCUT2D eigenvalue weighted by molar-refractivity contribution is 6.18. The molecule has 106 valence electrons. The third-order valence-electron chi connectivity index (χ3n) is 3.45. The van der Waals surface area contributed by atoms with Crippen molar-refractivity contribution in [2.24, 2.45) is 5.92 Å². The highest BCUT2D eigenvalue weighted by Gasteiger charge is 2.22. The van der Waals surface area contributed by atoms with E-state index in [1.165, 1.54) is 4.68 Å². The lowest BCUT2D eigenvalue weighted by molar-refractivity contribution is 0.121. The van der Waals surface area contributed by atoms with Crippen LogP contribution in [-0.2, 0) is 11.3 Å². The van der Waals surface area contributed by atoms with Crippen molar-refractivity contribution in [3.05, 3.63) is 22.6 Å². The van der Waals surface area contributed by atoms with Crippen molar-refractivity contribution in [3.8, 4) is 0 Å². The summed E-state index contributed by atoms with van der Waals surface area (Å²) in [5.74, 6) is 0.764. The van der Waals surface area contributed by atoms with Gasteiger partial charge >= 0.3 is 0 Å². The summed E-state index contributed by atoms with van der Waals surface area (Å²) in [5.41, 5.74) is 0.801. The van der Waals surface area contributed by atoms with Crippen LogP contribution in [0.2, 0.25) is 0 Å². The third-order valence-corrected chi connectivity index (χ3v) is 3.97. The first-order valence-electron chi connectivity index (χ1n) is 6.55. The molecule has 5 nitrogen and oxygen atoms in total. The zero-order valence-corrected chi connectivity index (χ0v) is 12.1. The van der Waals surface area contributed by atoms with Gasteiger partial charge in [0.05, 0.1) is 18.0 Å². The van der Waals surface area contributed by atoms with E-state index in [4.69, 9.17) is 16.3 Å². The number of rotatable bonds is 5. The molecule has 0 N–H and O–H groups in total. The highest BCUT2D eigenvalue weighted by Crippen LogP contribution is 2.19. The Morgan fingerprint density at radius 1 is 1.63 bits per heavy atom. The molecule has 0 amide bonds. The van der Waals surface area contributed by atoms with Gasteiger partial charge in [-0.05, 0) is 12.3 Å². The summed E-state index contributed by atoms with van der Waals surface area (Å²) in [5, 5.41) is 4.22. The second kappa shape index (κ2) is 6.39. The number of nitrogens with zero attached hydrogens (tertiary/aromatic N) is 3. The second-order valence-corrected chi connectivity index (χ2v) is 5.39. The number of alkyl halides is 1. The van der Waals surface area contributed by atoms with Crippen LogP contribution in [0, 0.1) is 5.92 Å². The van der Waals surface area contributed by atoms with Gasteiger partial charge in [0.1, 0.15) is 0 Å². The summed E-state index contributed by atoms with van der Waals surface area (Å²) >= 11 is 5.76. The fourth-order valence-corrected chi connectivity index (χ4v) is 2.33. The molecular weight excluding hydrogens is 266 g/mol. The van der Waals surface area contributed by atoms with Gasteiger partial charge in [0.2, 0.25) is 0 Å². The summed E-state index contributed by atoms with van der Waals surface area (Å²) in [6.45, 7) is 4.28. The number of methoxy groups -OCH3 is 1. The molecule has 1 saturated heterocycles. The molecule has 0 aromatic carbocycles. The van der Waals surface area contributed by atoms with Crippen LogP contribution in [0.1, 0.15) is 13.3 Å². The van der Waals surface area contributed by atoms with Gasteiger partial charge < -0.3 is 9.64 Å². The molecule has 0 aliphatic carbocycles. The largest absolute Gasteiger partial charge is 0.380 e. The Morgan fingerprint density at radius 2 is 2.42 bits per heavy atom. The van der Waals surface area contributed by atoms with Gasteiger partial charge in [0, 0.05) is 38.7 Å². The van der Waals surface area contributed by atoms with Gasteiger partial charge in [0.15, 0.2) is 0 Å². The standard InChI is InChI=1S/C13H20ClN3O2/c1-10(6-14)8-17-13(18)5-11(7-15-17)16-4-3-12(9-16)19-2/h5,7,10,12H,3-4,6,8-9H2,1-2H3. The van der Waals surface area contributed by atoms with Crippen LogP contribution in [0.4, 0.5) is 5.69 Å². The van der Waals surface area contributed by atoms with Gasteiger partial charge in [0.25, 0.3) is 5.56 Å².